The zero-order valence-corrected chi connectivity index (χ0v) is 20.2. The van der Waals surface area contributed by atoms with Crippen molar-refractivity contribution in [1.82, 2.24) is 36.4 Å². The first-order valence-corrected chi connectivity index (χ1v) is 10.9. The number of aryl methyl sites for hydroxylation is 1. The first kappa shape index (κ1) is 25.5. The number of carbonyl (C=O) groups is 2. The standard InChI is InChI=1S/C22H18ClF2N7O5/c1-9(27-22(34)30-29-21(33)16-7-17(35-3)31-37-16)19-15(25)4-11(8-26-19)13-5-12(23)6-14(24)18(13)20-28-10(2)36-32-20/h4-9H,1-3H3,(H,29,33)(H2,27,30,34)/t9-/m1/s1. The Morgan fingerprint density at radius 1 is 1.08 bits per heavy atom. The summed E-state index contributed by atoms with van der Waals surface area (Å²) < 4.78 is 44.3. The minimum Gasteiger partial charge on any atom is -0.479 e. The third kappa shape index (κ3) is 5.64. The summed E-state index contributed by atoms with van der Waals surface area (Å²) in [4.78, 5) is 32.3. The Kier molecular flexibility index (Phi) is 7.29. The molecule has 0 aliphatic heterocycles. The summed E-state index contributed by atoms with van der Waals surface area (Å²) in [7, 11) is 1.34. The Morgan fingerprint density at radius 3 is 2.51 bits per heavy atom. The number of hydrazine groups is 1. The van der Waals surface area contributed by atoms with Crippen LogP contribution < -0.4 is 20.9 Å². The van der Waals surface area contributed by atoms with Gasteiger partial charge in [-0.3, -0.25) is 15.2 Å². The van der Waals surface area contributed by atoms with Gasteiger partial charge in [-0.1, -0.05) is 16.8 Å². The molecule has 0 aliphatic rings. The summed E-state index contributed by atoms with van der Waals surface area (Å²) in [5, 5.41) is 9.70. The second-order valence-corrected chi connectivity index (χ2v) is 7.98. The molecule has 3 aromatic heterocycles. The normalized spacial score (nSPS) is 11.6. The molecule has 0 aliphatic carbocycles. The number of aromatic nitrogens is 4. The number of halogens is 3. The number of nitrogens with one attached hydrogen (secondary N) is 3. The van der Waals surface area contributed by atoms with Gasteiger partial charge in [0.2, 0.25) is 17.5 Å². The lowest BCUT2D eigenvalue weighted by Crippen LogP contribution is -2.47. The maximum absolute atomic E-state index is 15.0. The fraction of sp³-hybridized carbons (Fsp3) is 0.182. The predicted molar refractivity (Wildman–Crippen MR) is 123 cm³/mol. The van der Waals surface area contributed by atoms with Crippen LogP contribution in [0.5, 0.6) is 5.88 Å². The predicted octanol–water partition coefficient (Wildman–Crippen LogP) is 3.74. The van der Waals surface area contributed by atoms with Gasteiger partial charge in [0.05, 0.1) is 30.5 Å². The minimum absolute atomic E-state index is 0.0383. The molecule has 192 valence electrons. The summed E-state index contributed by atoms with van der Waals surface area (Å²) in [5.74, 6) is -2.28. The fourth-order valence-electron chi connectivity index (χ4n) is 3.28. The molecule has 12 nitrogen and oxygen atoms in total. The van der Waals surface area contributed by atoms with Gasteiger partial charge in [-0.25, -0.2) is 19.0 Å². The van der Waals surface area contributed by atoms with E-state index in [9.17, 15) is 14.0 Å². The molecule has 1 atom stereocenters. The molecule has 3 amide bonds. The molecule has 0 bridgehead atoms. The molecule has 4 aromatic rings. The number of rotatable bonds is 6. The van der Waals surface area contributed by atoms with Gasteiger partial charge in [0.25, 0.3) is 5.88 Å². The van der Waals surface area contributed by atoms with Crippen LogP contribution in [-0.2, 0) is 0 Å². The number of amides is 3. The summed E-state index contributed by atoms with van der Waals surface area (Å²) >= 11 is 6.02. The van der Waals surface area contributed by atoms with Gasteiger partial charge in [-0.05, 0) is 35.8 Å². The first-order valence-electron chi connectivity index (χ1n) is 10.5. The van der Waals surface area contributed by atoms with Crippen LogP contribution in [0, 0.1) is 18.6 Å². The number of nitrogens with zero attached hydrogens (tertiary/aromatic N) is 4. The average molecular weight is 534 g/mol. The van der Waals surface area contributed by atoms with Gasteiger partial charge in [0.15, 0.2) is 0 Å². The molecular formula is C22H18ClF2N7O5. The second-order valence-electron chi connectivity index (χ2n) is 7.55. The van der Waals surface area contributed by atoms with Crippen LogP contribution in [0.25, 0.3) is 22.5 Å². The average Bonchev–Trinajstić information content (AvgIpc) is 3.51. The maximum Gasteiger partial charge on any atom is 0.334 e. The van der Waals surface area contributed by atoms with Crippen molar-refractivity contribution in [1.29, 1.82) is 0 Å². The van der Waals surface area contributed by atoms with Crippen LogP contribution in [0.2, 0.25) is 5.02 Å². The van der Waals surface area contributed by atoms with Crippen molar-refractivity contribution in [3.8, 4) is 28.4 Å². The second kappa shape index (κ2) is 10.6. The highest BCUT2D eigenvalue weighted by atomic mass is 35.5. The van der Waals surface area contributed by atoms with E-state index in [2.05, 4.69) is 36.4 Å². The van der Waals surface area contributed by atoms with E-state index in [4.69, 9.17) is 25.4 Å². The number of benzene rings is 1. The highest BCUT2D eigenvalue weighted by molar-refractivity contribution is 6.31. The van der Waals surface area contributed by atoms with Gasteiger partial charge in [0.1, 0.15) is 11.6 Å². The van der Waals surface area contributed by atoms with Crippen molar-refractivity contribution in [2.45, 2.75) is 19.9 Å². The van der Waals surface area contributed by atoms with E-state index in [0.29, 0.717) is 0 Å². The number of ether oxygens (including phenoxy) is 1. The number of methoxy groups -OCH3 is 1. The largest absolute Gasteiger partial charge is 0.479 e. The van der Waals surface area contributed by atoms with Gasteiger partial charge in [0, 0.05) is 23.7 Å². The van der Waals surface area contributed by atoms with E-state index in [-0.39, 0.29) is 50.8 Å². The van der Waals surface area contributed by atoms with E-state index in [1.165, 1.54) is 32.4 Å². The van der Waals surface area contributed by atoms with Crippen molar-refractivity contribution in [3.05, 3.63) is 64.5 Å². The van der Waals surface area contributed by atoms with Gasteiger partial charge in [-0.2, -0.15) is 4.98 Å². The van der Waals surface area contributed by atoms with Crippen LogP contribution in [0.4, 0.5) is 13.6 Å². The molecule has 0 radical (unpaired) electrons. The van der Waals surface area contributed by atoms with Crippen molar-refractivity contribution in [3.63, 3.8) is 0 Å². The van der Waals surface area contributed by atoms with E-state index >= 15 is 4.39 Å². The summed E-state index contributed by atoms with van der Waals surface area (Å²) in [5.41, 5.74) is 4.41. The Labute approximate surface area is 212 Å². The summed E-state index contributed by atoms with van der Waals surface area (Å²) in [6.45, 7) is 3.02. The first-order chi connectivity index (χ1) is 17.7. The Hall–Kier alpha value is -4.59. The minimum atomic E-state index is -0.924. The molecule has 0 spiro atoms. The molecule has 1 aromatic carbocycles. The molecule has 0 fully saturated rings. The topological polar surface area (TPSA) is 157 Å². The van der Waals surface area contributed by atoms with E-state index in [1.54, 1.807) is 6.92 Å². The Morgan fingerprint density at radius 2 is 1.86 bits per heavy atom. The van der Waals surface area contributed by atoms with Gasteiger partial charge < -0.3 is 19.1 Å². The van der Waals surface area contributed by atoms with E-state index in [1.807, 2.05) is 0 Å². The van der Waals surface area contributed by atoms with Crippen LogP contribution in [0.3, 0.4) is 0 Å². The summed E-state index contributed by atoms with van der Waals surface area (Å²) in [6.07, 6.45) is 1.29. The smallest absolute Gasteiger partial charge is 0.334 e. The number of urea groups is 1. The lowest BCUT2D eigenvalue weighted by Gasteiger charge is -2.16. The number of pyridine rings is 1. The van der Waals surface area contributed by atoms with Crippen molar-refractivity contribution in [2.75, 3.05) is 7.11 Å². The number of carbonyl (C=O) groups excluding carboxylic acids is 2. The lowest BCUT2D eigenvalue weighted by atomic mass is 9.99. The van der Waals surface area contributed by atoms with Gasteiger partial charge >= 0.3 is 11.9 Å². The highest BCUT2D eigenvalue weighted by Gasteiger charge is 2.22. The van der Waals surface area contributed by atoms with E-state index in [0.717, 1.165) is 12.1 Å². The van der Waals surface area contributed by atoms with Crippen molar-refractivity contribution in [2.24, 2.45) is 0 Å². The van der Waals surface area contributed by atoms with Crippen molar-refractivity contribution >= 4 is 23.5 Å². The molecule has 0 saturated heterocycles. The van der Waals surface area contributed by atoms with Crippen molar-refractivity contribution < 1.29 is 32.2 Å². The van der Waals surface area contributed by atoms with Crippen LogP contribution in [0.15, 0.2) is 39.5 Å². The molecule has 3 N–H and O–H groups in total. The van der Waals surface area contributed by atoms with Crippen LogP contribution >= 0.6 is 11.6 Å². The zero-order valence-electron chi connectivity index (χ0n) is 19.4. The molecule has 0 unspecified atom stereocenters. The SMILES string of the molecule is COc1cc(C(=O)NNC(=O)N[C@H](C)c2ncc(-c3cc(Cl)cc(F)c3-c3noc(C)n3)cc2F)on1. The fourth-order valence-corrected chi connectivity index (χ4v) is 3.49. The Balaban J connectivity index is 1.48. The quantitative estimate of drug-likeness (QED) is 0.314. The Bertz CT molecular complexity index is 1480. The molecule has 4 rings (SSSR count). The number of hydrogen-bond donors (Lipinski definition) is 3. The zero-order chi connectivity index (χ0) is 26.7. The molecule has 37 heavy (non-hydrogen) atoms. The van der Waals surface area contributed by atoms with E-state index < -0.39 is 29.6 Å². The molecular weight excluding hydrogens is 516 g/mol. The summed E-state index contributed by atoms with van der Waals surface area (Å²) in [6, 6.07) is 3.04. The molecule has 15 heteroatoms. The monoisotopic (exact) mass is 533 g/mol. The highest BCUT2D eigenvalue weighted by Crippen LogP contribution is 2.36. The third-order valence-corrected chi connectivity index (χ3v) is 5.17. The molecule has 3 heterocycles. The third-order valence-electron chi connectivity index (χ3n) is 4.96. The molecule has 0 saturated carbocycles. The maximum atomic E-state index is 15.0. The van der Waals surface area contributed by atoms with Crippen LogP contribution in [0.1, 0.15) is 35.1 Å². The number of hydrogen-bond acceptors (Lipinski definition) is 9. The lowest BCUT2D eigenvalue weighted by molar-refractivity contribution is 0.0898. The van der Waals surface area contributed by atoms with Gasteiger partial charge in [-0.15, -0.1) is 0 Å². The van der Waals surface area contributed by atoms with Crippen LogP contribution in [-0.4, -0.2) is 39.3 Å².